The Morgan fingerprint density at radius 2 is 1.80 bits per heavy atom. The molecule has 0 aromatic heterocycles. The molecular weight excluding hydrogens is 184 g/mol. The van der Waals surface area contributed by atoms with E-state index < -0.39 is 0 Å². The minimum atomic E-state index is -0.0290. The van der Waals surface area contributed by atoms with Crippen molar-refractivity contribution in [2.24, 2.45) is 0 Å². The zero-order valence-electron chi connectivity index (χ0n) is 9.59. The maximum atomic E-state index is 3.43. The first kappa shape index (κ1) is 10.1. The number of aryl methyl sites for hydroxylation is 1. The van der Waals surface area contributed by atoms with Gasteiger partial charge in [-0.15, -0.1) is 0 Å². The highest BCUT2D eigenvalue weighted by Gasteiger charge is 2.22. The second kappa shape index (κ2) is 3.61. The molecule has 1 aliphatic heterocycles. The Kier molecular flexibility index (Phi) is 2.43. The maximum absolute atomic E-state index is 3.43. The summed E-state index contributed by atoms with van der Waals surface area (Å²) in [6, 6.07) is 8.70. The Balaban J connectivity index is 2.18. The van der Waals surface area contributed by atoms with Crippen molar-refractivity contribution in [1.82, 2.24) is 10.6 Å². The van der Waals surface area contributed by atoms with Gasteiger partial charge in [-0.3, -0.25) is 0 Å². The van der Waals surface area contributed by atoms with Gasteiger partial charge in [-0.05, 0) is 31.4 Å². The van der Waals surface area contributed by atoms with Crippen LogP contribution in [0.1, 0.15) is 31.9 Å². The van der Waals surface area contributed by atoms with Gasteiger partial charge in [0.25, 0.3) is 0 Å². The lowest BCUT2D eigenvalue weighted by atomic mass is 10.1. The predicted octanol–water partition coefficient (Wildman–Crippen LogP) is 2.48. The van der Waals surface area contributed by atoms with Crippen LogP contribution in [0, 0.1) is 0 Å². The number of hydrogen-bond acceptors (Lipinski definition) is 2. The quantitative estimate of drug-likeness (QED) is 0.770. The lowest BCUT2D eigenvalue weighted by Crippen LogP contribution is -2.42. The van der Waals surface area contributed by atoms with Gasteiger partial charge in [-0.2, -0.15) is 0 Å². The van der Waals surface area contributed by atoms with Gasteiger partial charge in [0.05, 0.1) is 5.70 Å². The molecule has 2 nitrogen and oxygen atoms in total. The van der Waals surface area contributed by atoms with Crippen LogP contribution in [0.5, 0.6) is 0 Å². The zero-order valence-corrected chi connectivity index (χ0v) is 9.59. The standard InChI is InChI=1S/C13H18N2/c1-4-10-5-7-11(8-6-10)12-9-14-13(2,3)15-12/h5-9,14-15H,4H2,1-3H3. The van der Waals surface area contributed by atoms with Crippen LogP contribution in [0.4, 0.5) is 0 Å². The minimum Gasteiger partial charge on any atom is -0.368 e. The van der Waals surface area contributed by atoms with E-state index in [0.29, 0.717) is 0 Å². The van der Waals surface area contributed by atoms with Gasteiger partial charge in [-0.25, -0.2) is 0 Å². The molecule has 2 N–H and O–H groups in total. The fourth-order valence-corrected chi connectivity index (χ4v) is 1.74. The molecule has 80 valence electrons. The minimum absolute atomic E-state index is 0.0290. The second-order valence-electron chi connectivity index (χ2n) is 4.50. The summed E-state index contributed by atoms with van der Waals surface area (Å²) in [7, 11) is 0. The molecule has 0 fully saturated rings. The van der Waals surface area contributed by atoms with Gasteiger partial charge < -0.3 is 10.6 Å². The highest BCUT2D eigenvalue weighted by Crippen LogP contribution is 2.19. The van der Waals surface area contributed by atoms with Crippen LogP contribution >= 0.6 is 0 Å². The summed E-state index contributed by atoms with van der Waals surface area (Å²) in [4.78, 5) is 0. The summed E-state index contributed by atoms with van der Waals surface area (Å²) < 4.78 is 0. The van der Waals surface area contributed by atoms with Crippen LogP contribution in [-0.4, -0.2) is 5.66 Å². The monoisotopic (exact) mass is 202 g/mol. The van der Waals surface area contributed by atoms with Crippen LogP contribution in [0.15, 0.2) is 30.5 Å². The van der Waals surface area contributed by atoms with Gasteiger partial charge >= 0.3 is 0 Å². The second-order valence-corrected chi connectivity index (χ2v) is 4.50. The van der Waals surface area contributed by atoms with Crippen LogP contribution in [0.3, 0.4) is 0 Å². The number of benzene rings is 1. The molecule has 2 rings (SSSR count). The maximum Gasteiger partial charge on any atom is 0.102 e. The molecule has 0 aliphatic carbocycles. The Morgan fingerprint density at radius 1 is 1.13 bits per heavy atom. The molecule has 0 atom stereocenters. The summed E-state index contributed by atoms with van der Waals surface area (Å²) in [6.07, 6.45) is 3.14. The fraction of sp³-hybridized carbons (Fsp3) is 0.385. The highest BCUT2D eigenvalue weighted by molar-refractivity contribution is 5.66. The normalized spacial score (nSPS) is 17.9. The van der Waals surface area contributed by atoms with Gasteiger partial charge in [0.2, 0.25) is 0 Å². The molecule has 0 amide bonds. The van der Waals surface area contributed by atoms with Crippen LogP contribution < -0.4 is 10.6 Å². The van der Waals surface area contributed by atoms with E-state index in [1.165, 1.54) is 16.8 Å². The van der Waals surface area contributed by atoms with Gasteiger partial charge in [-0.1, -0.05) is 31.2 Å². The highest BCUT2D eigenvalue weighted by atomic mass is 15.2. The van der Waals surface area contributed by atoms with Crippen molar-refractivity contribution in [3.05, 3.63) is 41.6 Å². The molecule has 0 spiro atoms. The van der Waals surface area contributed by atoms with Crippen molar-refractivity contribution in [3.63, 3.8) is 0 Å². The summed E-state index contributed by atoms with van der Waals surface area (Å²) in [5.74, 6) is 0. The first-order chi connectivity index (χ1) is 7.11. The van der Waals surface area contributed by atoms with E-state index in [4.69, 9.17) is 0 Å². The Bertz CT molecular complexity index is 374. The number of rotatable bonds is 2. The van der Waals surface area contributed by atoms with Crippen molar-refractivity contribution >= 4 is 5.70 Å². The molecule has 1 aliphatic rings. The molecule has 15 heavy (non-hydrogen) atoms. The molecule has 0 saturated heterocycles. The topological polar surface area (TPSA) is 24.1 Å². The van der Waals surface area contributed by atoms with E-state index in [1.54, 1.807) is 0 Å². The number of nitrogens with one attached hydrogen (secondary N) is 2. The van der Waals surface area contributed by atoms with Crippen molar-refractivity contribution in [2.75, 3.05) is 0 Å². The van der Waals surface area contributed by atoms with E-state index in [-0.39, 0.29) is 5.66 Å². The van der Waals surface area contributed by atoms with E-state index in [2.05, 4.69) is 55.7 Å². The van der Waals surface area contributed by atoms with Crippen molar-refractivity contribution in [1.29, 1.82) is 0 Å². The summed E-state index contributed by atoms with van der Waals surface area (Å²) in [5.41, 5.74) is 3.76. The van der Waals surface area contributed by atoms with Crippen LogP contribution in [-0.2, 0) is 6.42 Å². The van der Waals surface area contributed by atoms with E-state index >= 15 is 0 Å². The molecule has 0 saturated carbocycles. The predicted molar refractivity (Wildman–Crippen MR) is 64.1 cm³/mol. The zero-order chi connectivity index (χ0) is 10.9. The largest absolute Gasteiger partial charge is 0.368 e. The molecule has 0 unspecified atom stereocenters. The van der Waals surface area contributed by atoms with Crippen LogP contribution in [0.2, 0.25) is 0 Å². The molecule has 2 heteroatoms. The Morgan fingerprint density at radius 3 is 2.27 bits per heavy atom. The molecule has 1 heterocycles. The van der Waals surface area contributed by atoms with Crippen molar-refractivity contribution < 1.29 is 0 Å². The average Bonchev–Trinajstić information content (AvgIpc) is 2.59. The molecule has 0 radical (unpaired) electrons. The van der Waals surface area contributed by atoms with E-state index in [0.717, 1.165) is 6.42 Å². The summed E-state index contributed by atoms with van der Waals surface area (Å²) >= 11 is 0. The molecular formula is C13H18N2. The molecule has 1 aromatic rings. The van der Waals surface area contributed by atoms with E-state index in [9.17, 15) is 0 Å². The van der Waals surface area contributed by atoms with Gasteiger partial charge in [0, 0.05) is 6.20 Å². The number of hydrogen-bond donors (Lipinski definition) is 2. The van der Waals surface area contributed by atoms with Crippen LogP contribution in [0.25, 0.3) is 5.70 Å². The first-order valence-corrected chi connectivity index (χ1v) is 5.46. The fourth-order valence-electron chi connectivity index (χ4n) is 1.74. The third kappa shape index (κ3) is 2.14. The smallest absolute Gasteiger partial charge is 0.102 e. The SMILES string of the molecule is CCc1ccc(C2=CNC(C)(C)N2)cc1. The van der Waals surface area contributed by atoms with Crippen molar-refractivity contribution in [3.8, 4) is 0 Å². The Hall–Kier alpha value is -1.44. The third-order valence-corrected chi connectivity index (χ3v) is 2.70. The summed E-state index contributed by atoms with van der Waals surface area (Å²) in [5, 5.41) is 6.73. The lowest BCUT2D eigenvalue weighted by Gasteiger charge is -2.21. The lowest BCUT2D eigenvalue weighted by molar-refractivity contribution is 0.429. The van der Waals surface area contributed by atoms with Gasteiger partial charge in [0.1, 0.15) is 5.66 Å². The summed E-state index contributed by atoms with van der Waals surface area (Å²) in [6.45, 7) is 6.42. The molecule has 0 bridgehead atoms. The molecule has 1 aromatic carbocycles. The third-order valence-electron chi connectivity index (χ3n) is 2.70. The average molecular weight is 202 g/mol. The first-order valence-electron chi connectivity index (χ1n) is 5.46. The van der Waals surface area contributed by atoms with Crippen molar-refractivity contribution in [2.45, 2.75) is 32.9 Å². The Labute approximate surface area is 91.4 Å². The van der Waals surface area contributed by atoms with Gasteiger partial charge in [0.15, 0.2) is 0 Å². The van der Waals surface area contributed by atoms with E-state index in [1.807, 2.05) is 6.20 Å².